The van der Waals surface area contributed by atoms with Gasteiger partial charge in [-0.2, -0.15) is 13.2 Å². The highest BCUT2D eigenvalue weighted by Crippen LogP contribution is 2.33. The first-order chi connectivity index (χ1) is 11.8. The summed E-state index contributed by atoms with van der Waals surface area (Å²) < 4.78 is 38.1. The van der Waals surface area contributed by atoms with Crippen molar-refractivity contribution >= 4 is 11.4 Å². The second kappa shape index (κ2) is 10.2. The van der Waals surface area contributed by atoms with Gasteiger partial charge in [-0.25, -0.2) is 0 Å². The van der Waals surface area contributed by atoms with Crippen LogP contribution in [-0.4, -0.2) is 12.3 Å². The summed E-state index contributed by atoms with van der Waals surface area (Å²) in [4.78, 5) is 3.89. The zero-order chi connectivity index (χ0) is 18.9. The molecule has 1 aliphatic rings. The van der Waals surface area contributed by atoms with Crippen molar-refractivity contribution < 1.29 is 13.2 Å². The molecule has 1 fully saturated rings. The number of nitrogens with two attached hydrogens (primary N) is 2. The third kappa shape index (κ3) is 7.73. The van der Waals surface area contributed by atoms with Crippen LogP contribution < -0.4 is 11.5 Å². The molecule has 6 heteroatoms. The molecule has 1 aromatic rings. The average molecular weight is 355 g/mol. The fraction of sp³-hybridized carbons (Fsp3) is 0.526. The molecule has 1 aromatic carbocycles. The normalized spacial score (nSPS) is 16.0. The number of nitrogens with zero attached hydrogens (tertiary/aromatic N) is 1. The van der Waals surface area contributed by atoms with E-state index in [1.165, 1.54) is 56.5 Å². The van der Waals surface area contributed by atoms with Crippen LogP contribution >= 0.6 is 0 Å². The fourth-order valence-corrected chi connectivity index (χ4v) is 2.67. The Hall–Kier alpha value is -1.82. The summed E-state index contributed by atoms with van der Waals surface area (Å²) in [6.45, 7) is 4.39. The van der Waals surface area contributed by atoms with Crippen molar-refractivity contribution in [1.82, 2.24) is 0 Å². The van der Waals surface area contributed by atoms with E-state index in [4.69, 9.17) is 11.5 Å². The molecule has 2 rings (SSSR count). The number of alkyl halides is 3. The van der Waals surface area contributed by atoms with Gasteiger partial charge in [0.05, 0.1) is 17.5 Å². The number of rotatable bonds is 3. The number of halogens is 3. The zero-order valence-corrected chi connectivity index (χ0v) is 14.9. The number of hydrogen-bond donors (Lipinski definition) is 2. The van der Waals surface area contributed by atoms with E-state index in [2.05, 4.69) is 4.99 Å². The first-order valence-corrected chi connectivity index (χ1v) is 8.59. The fourth-order valence-electron chi connectivity index (χ4n) is 2.67. The van der Waals surface area contributed by atoms with E-state index in [-0.39, 0.29) is 11.3 Å². The van der Waals surface area contributed by atoms with Crippen LogP contribution in [0.1, 0.15) is 57.1 Å². The van der Waals surface area contributed by atoms with Crippen molar-refractivity contribution in [2.24, 2.45) is 22.4 Å². The first kappa shape index (κ1) is 21.2. The molecular weight excluding hydrogens is 327 g/mol. The molecule has 0 radical (unpaired) electrons. The Kier molecular flexibility index (Phi) is 8.69. The summed E-state index contributed by atoms with van der Waals surface area (Å²) in [6, 6.07) is 5.16. The molecule has 0 aliphatic heterocycles. The highest BCUT2D eigenvalue weighted by molar-refractivity contribution is 5.80. The molecule has 140 valence electrons. The van der Waals surface area contributed by atoms with Gasteiger partial charge in [0.2, 0.25) is 0 Å². The Morgan fingerprint density at radius 3 is 2.24 bits per heavy atom. The maximum atomic E-state index is 12.7. The maximum absolute atomic E-state index is 12.7. The van der Waals surface area contributed by atoms with Gasteiger partial charge < -0.3 is 11.5 Å². The number of benzene rings is 1. The van der Waals surface area contributed by atoms with Crippen molar-refractivity contribution in [1.29, 1.82) is 0 Å². The lowest BCUT2D eigenvalue weighted by molar-refractivity contribution is -0.137. The van der Waals surface area contributed by atoms with E-state index in [1.54, 1.807) is 13.8 Å². The summed E-state index contributed by atoms with van der Waals surface area (Å²) in [5.41, 5.74) is 11.0. The average Bonchev–Trinajstić information content (AvgIpc) is 2.60. The van der Waals surface area contributed by atoms with Crippen molar-refractivity contribution in [3.63, 3.8) is 0 Å². The molecule has 0 saturated heterocycles. The molecule has 0 spiro atoms. The zero-order valence-electron chi connectivity index (χ0n) is 14.9. The molecule has 0 heterocycles. The molecule has 25 heavy (non-hydrogen) atoms. The minimum atomic E-state index is -4.42. The Bertz CT molecular complexity index is 582. The van der Waals surface area contributed by atoms with Crippen LogP contribution in [-0.2, 0) is 6.18 Å². The van der Waals surface area contributed by atoms with E-state index in [0.717, 1.165) is 24.2 Å². The Balaban J connectivity index is 0.000000324. The van der Waals surface area contributed by atoms with Gasteiger partial charge in [-0.1, -0.05) is 37.5 Å². The Labute approximate surface area is 148 Å². The molecule has 3 nitrogen and oxygen atoms in total. The van der Waals surface area contributed by atoms with Crippen LogP contribution in [0.15, 0.2) is 35.5 Å². The predicted molar refractivity (Wildman–Crippen MR) is 98.0 cm³/mol. The smallest absolute Gasteiger partial charge is 0.397 e. The summed E-state index contributed by atoms with van der Waals surface area (Å²) in [5.74, 6) is 0.865. The molecule has 4 N–H and O–H groups in total. The van der Waals surface area contributed by atoms with Crippen LogP contribution in [0.2, 0.25) is 0 Å². The lowest BCUT2D eigenvalue weighted by atomic mass is 9.90. The van der Waals surface area contributed by atoms with Crippen molar-refractivity contribution in [2.45, 2.75) is 52.1 Å². The molecule has 0 aromatic heterocycles. The molecule has 0 atom stereocenters. The molecule has 1 aliphatic carbocycles. The van der Waals surface area contributed by atoms with E-state index in [0.29, 0.717) is 0 Å². The predicted octanol–water partition coefficient (Wildman–Crippen LogP) is 4.97. The Morgan fingerprint density at radius 2 is 1.76 bits per heavy atom. The van der Waals surface area contributed by atoms with Gasteiger partial charge in [0.15, 0.2) is 0 Å². The van der Waals surface area contributed by atoms with Gasteiger partial charge in [0.1, 0.15) is 0 Å². The van der Waals surface area contributed by atoms with Gasteiger partial charge in [0.25, 0.3) is 0 Å². The third-order valence-electron chi connectivity index (χ3n) is 4.06. The molecular formula is C19H28F3N3. The summed E-state index contributed by atoms with van der Waals surface area (Å²) in [7, 11) is 0. The molecule has 0 bridgehead atoms. The monoisotopic (exact) mass is 355 g/mol. The Morgan fingerprint density at radius 1 is 1.16 bits per heavy atom. The summed E-state index contributed by atoms with van der Waals surface area (Å²) >= 11 is 0. The van der Waals surface area contributed by atoms with Gasteiger partial charge in [-0.3, -0.25) is 4.99 Å². The van der Waals surface area contributed by atoms with Crippen molar-refractivity contribution in [3.8, 4) is 0 Å². The van der Waals surface area contributed by atoms with Crippen LogP contribution in [0, 0.1) is 5.92 Å². The van der Waals surface area contributed by atoms with Gasteiger partial charge >= 0.3 is 6.18 Å². The van der Waals surface area contributed by atoms with Crippen LogP contribution in [0.5, 0.6) is 0 Å². The number of aliphatic imine (C=N–C) groups is 1. The standard InChI is InChI=1S/C12H13F3N2.C7H15N/c1-8(2)17-7-11(16)9-5-3-4-6-10(9)12(13,14)15;8-6-7-4-2-1-3-5-7/h3-7H,16H2,1-2H3;7H,1-6,8H2/b11-7-;. The quantitative estimate of drug-likeness (QED) is 0.752. The lowest BCUT2D eigenvalue weighted by Crippen LogP contribution is -2.16. The molecule has 1 saturated carbocycles. The van der Waals surface area contributed by atoms with E-state index >= 15 is 0 Å². The summed E-state index contributed by atoms with van der Waals surface area (Å²) in [5, 5.41) is 0. The van der Waals surface area contributed by atoms with Crippen molar-refractivity contribution in [3.05, 3.63) is 41.6 Å². The third-order valence-corrected chi connectivity index (χ3v) is 4.06. The minimum absolute atomic E-state index is 0.000810. The minimum Gasteiger partial charge on any atom is -0.397 e. The van der Waals surface area contributed by atoms with E-state index in [1.807, 2.05) is 0 Å². The molecule has 0 amide bonds. The number of hydrogen-bond acceptors (Lipinski definition) is 3. The largest absolute Gasteiger partial charge is 0.417 e. The highest BCUT2D eigenvalue weighted by Gasteiger charge is 2.33. The van der Waals surface area contributed by atoms with Crippen LogP contribution in [0.4, 0.5) is 13.2 Å². The van der Waals surface area contributed by atoms with E-state index in [9.17, 15) is 13.2 Å². The maximum Gasteiger partial charge on any atom is 0.417 e. The molecule has 0 unspecified atom stereocenters. The topological polar surface area (TPSA) is 64.4 Å². The van der Waals surface area contributed by atoms with Crippen LogP contribution in [0.25, 0.3) is 5.70 Å². The van der Waals surface area contributed by atoms with Crippen molar-refractivity contribution in [2.75, 3.05) is 6.54 Å². The van der Waals surface area contributed by atoms with Gasteiger partial charge in [-0.15, -0.1) is 0 Å². The first-order valence-electron chi connectivity index (χ1n) is 8.59. The highest BCUT2D eigenvalue weighted by atomic mass is 19.4. The van der Waals surface area contributed by atoms with Gasteiger partial charge in [0, 0.05) is 11.3 Å². The van der Waals surface area contributed by atoms with E-state index < -0.39 is 11.7 Å². The van der Waals surface area contributed by atoms with Gasteiger partial charge in [-0.05, 0) is 45.2 Å². The second-order valence-corrected chi connectivity index (χ2v) is 6.44. The second-order valence-electron chi connectivity index (χ2n) is 6.44. The summed E-state index contributed by atoms with van der Waals surface area (Å²) in [6.07, 6.45) is 3.87. The SMILES string of the molecule is CC(C)=N/C=C(\N)c1ccccc1C(F)(F)F.NCC1CCCCC1. The lowest BCUT2D eigenvalue weighted by Gasteiger charge is -2.18. The van der Waals surface area contributed by atoms with Crippen LogP contribution in [0.3, 0.4) is 0 Å².